The Kier molecular flexibility index (Phi) is 7.32. The molecule has 2 aliphatic heterocycles. The van der Waals surface area contributed by atoms with Crippen LogP contribution in [0.1, 0.15) is 35.3 Å². The zero-order chi connectivity index (χ0) is 27.0. The van der Waals surface area contributed by atoms with Gasteiger partial charge in [-0.3, -0.25) is 4.79 Å². The van der Waals surface area contributed by atoms with Crippen molar-refractivity contribution in [2.45, 2.75) is 30.7 Å². The summed E-state index contributed by atoms with van der Waals surface area (Å²) in [5, 5.41) is 16.5. The second-order valence-corrected chi connectivity index (χ2v) is 10.2. The number of alkyl halides is 1. The number of nitriles is 1. The summed E-state index contributed by atoms with van der Waals surface area (Å²) in [7, 11) is 1.83. The van der Waals surface area contributed by atoms with Gasteiger partial charge >= 0.3 is 0 Å². The Hall–Kier alpha value is -3.55. The monoisotopic (exact) mass is 542 g/mol. The number of carbonyl (C=O) groups excluding carboxylic acids is 1. The van der Waals surface area contributed by atoms with Crippen molar-refractivity contribution in [1.29, 1.82) is 5.26 Å². The highest BCUT2D eigenvalue weighted by Crippen LogP contribution is 2.32. The molecule has 2 aliphatic rings. The molecular formula is C27H26ClF3N6O. The van der Waals surface area contributed by atoms with Crippen molar-refractivity contribution < 1.29 is 18.0 Å². The first-order valence-corrected chi connectivity index (χ1v) is 12.9. The van der Waals surface area contributed by atoms with Crippen LogP contribution < -0.4 is 10.2 Å². The molecule has 5 rings (SSSR count). The van der Waals surface area contributed by atoms with E-state index in [-0.39, 0.29) is 39.8 Å². The Bertz CT molecular complexity index is 1400. The van der Waals surface area contributed by atoms with E-state index in [1.54, 1.807) is 15.9 Å². The van der Waals surface area contributed by atoms with Gasteiger partial charge in [-0.15, -0.1) is 11.6 Å². The van der Waals surface area contributed by atoms with Crippen LogP contribution in [-0.4, -0.2) is 65.2 Å². The first-order valence-electron chi connectivity index (χ1n) is 12.4. The lowest BCUT2D eigenvalue weighted by Crippen LogP contribution is -2.47. The van der Waals surface area contributed by atoms with Crippen molar-refractivity contribution in [2.24, 2.45) is 0 Å². The van der Waals surface area contributed by atoms with Crippen LogP contribution in [0.3, 0.4) is 0 Å². The van der Waals surface area contributed by atoms with E-state index in [9.17, 15) is 9.18 Å². The molecule has 0 unspecified atom stereocenters. The van der Waals surface area contributed by atoms with Gasteiger partial charge in [-0.05, 0) is 56.6 Å². The van der Waals surface area contributed by atoms with Crippen molar-refractivity contribution in [1.82, 2.24) is 20.0 Å². The van der Waals surface area contributed by atoms with Gasteiger partial charge in [0.1, 0.15) is 17.6 Å². The molecule has 3 heterocycles. The van der Waals surface area contributed by atoms with Crippen LogP contribution in [0, 0.1) is 28.8 Å². The van der Waals surface area contributed by atoms with E-state index in [4.69, 9.17) is 16.9 Å². The second-order valence-electron chi connectivity index (χ2n) is 9.60. The van der Waals surface area contributed by atoms with Crippen LogP contribution in [0.15, 0.2) is 36.4 Å². The molecule has 0 bridgehead atoms. The summed E-state index contributed by atoms with van der Waals surface area (Å²) in [5.41, 5.74) is 0.00808. The van der Waals surface area contributed by atoms with E-state index < -0.39 is 23.1 Å². The van der Waals surface area contributed by atoms with Gasteiger partial charge in [-0.1, -0.05) is 6.07 Å². The zero-order valence-electron chi connectivity index (χ0n) is 20.7. The van der Waals surface area contributed by atoms with Gasteiger partial charge in [0.05, 0.1) is 16.6 Å². The fourth-order valence-electron chi connectivity index (χ4n) is 5.08. The number of hydrogen-bond donors (Lipinski definition) is 1. The van der Waals surface area contributed by atoms with Gasteiger partial charge < -0.3 is 15.1 Å². The molecule has 1 N–H and O–H groups in total. The molecule has 0 saturated carbocycles. The van der Waals surface area contributed by atoms with Crippen molar-refractivity contribution in [2.75, 3.05) is 38.1 Å². The first kappa shape index (κ1) is 26.1. The van der Waals surface area contributed by atoms with Crippen LogP contribution in [0.2, 0.25) is 0 Å². The maximum absolute atomic E-state index is 15.5. The van der Waals surface area contributed by atoms with Crippen LogP contribution in [0.4, 0.5) is 18.9 Å². The third-order valence-electron chi connectivity index (χ3n) is 7.14. The minimum absolute atomic E-state index is 0.0195. The Morgan fingerprint density at radius 1 is 1.08 bits per heavy atom. The average molecular weight is 543 g/mol. The molecule has 2 atom stereocenters. The fraction of sp³-hybridized carbons (Fsp3) is 0.370. The minimum Gasteiger partial charge on any atom is -0.370 e. The van der Waals surface area contributed by atoms with Crippen LogP contribution in [0.25, 0.3) is 16.9 Å². The first-order chi connectivity index (χ1) is 18.3. The predicted octanol–water partition coefficient (Wildman–Crippen LogP) is 4.47. The molecule has 11 heteroatoms. The van der Waals surface area contributed by atoms with Gasteiger partial charge in [0.15, 0.2) is 17.3 Å². The van der Waals surface area contributed by atoms with E-state index in [0.717, 1.165) is 23.6 Å². The molecule has 0 radical (unpaired) electrons. The average Bonchev–Trinajstić information content (AvgIpc) is 3.54. The molecule has 2 saturated heterocycles. The van der Waals surface area contributed by atoms with Crippen LogP contribution in [0.5, 0.6) is 0 Å². The molecule has 1 aromatic heterocycles. The molecule has 198 valence electrons. The quantitative estimate of drug-likeness (QED) is 0.481. The van der Waals surface area contributed by atoms with Gasteiger partial charge in [0.2, 0.25) is 0 Å². The standard InChI is InChI=1S/C27H26ClF3N6O/c1-33-19-3-2-7-36(15-19)27(38)24-12-25(16-4-5-17(13-32)21(29)9-16)37(34-24)26-22(30)10-20(11-23(26)31)35-8-6-18(28)14-35/h4-5,9-12,18-19,33H,2-3,6-8,14-15H2,1H3/t18-,19+/m0/s1. The minimum atomic E-state index is -0.885. The third kappa shape index (κ3) is 4.96. The van der Waals surface area contributed by atoms with Crippen molar-refractivity contribution in [3.05, 3.63) is 65.1 Å². The lowest BCUT2D eigenvalue weighted by atomic mass is 10.1. The second kappa shape index (κ2) is 10.7. The fourth-order valence-corrected chi connectivity index (χ4v) is 5.34. The molecule has 0 aliphatic carbocycles. The largest absolute Gasteiger partial charge is 0.370 e. The normalized spacial score (nSPS) is 19.6. The number of hydrogen-bond acceptors (Lipinski definition) is 5. The highest BCUT2D eigenvalue weighted by molar-refractivity contribution is 6.21. The number of piperidine rings is 1. The summed E-state index contributed by atoms with van der Waals surface area (Å²) >= 11 is 6.17. The highest BCUT2D eigenvalue weighted by atomic mass is 35.5. The molecule has 0 spiro atoms. The van der Waals surface area contributed by atoms with Gasteiger partial charge in [-0.2, -0.15) is 10.4 Å². The summed E-state index contributed by atoms with van der Waals surface area (Å²) in [6.45, 7) is 2.04. The van der Waals surface area contributed by atoms with Crippen molar-refractivity contribution in [3.63, 3.8) is 0 Å². The van der Waals surface area contributed by atoms with E-state index in [1.165, 1.54) is 30.3 Å². The maximum Gasteiger partial charge on any atom is 0.274 e. The smallest absolute Gasteiger partial charge is 0.274 e. The molecule has 7 nitrogen and oxygen atoms in total. The number of nitrogens with one attached hydrogen (secondary N) is 1. The number of amides is 1. The lowest BCUT2D eigenvalue weighted by Gasteiger charge is -2.32. The lowest BCUT2D eigenvalue weighted by molar-refractivity contribution is 0.0691. The summed E-state index contributed by atoms with van der Waals surface area (Å²) < 4.78 is 46.6. The number of carbonyl (C=O) groups is 1. The van der Waals surface area contributed by atoms with Crippen molar-refractivity contribution >= 4 is 23.2 Å². The molecule has 38 heavy (non-hydrogen) atoms. The van der Waals surface area contributed by atoms with Crippen molar-refractivity contribution in [3.8, 4) is 23.0 Å². The Morgan fingerprint density at radius 2 is 1.84 bits per heavy atom. The Morgan fingerprint density at radius 3 is 2.47 bits per heavy atom. The number of rotatable bonds is 5. The number of anilines is 1. The zero-order valence-corrected chi connectivity index (χ0v) is 21.5. The third-order valence-corrected chi connectivity index (χ3v) is 7.50. The Balaban J connectivity index is 1.60. The molecule has 3 aromatic rings. The highest BCUT2D eigenvalue weighted by Gasteiger charge is 2.29. The topological polar surface area (TPSA) is 77.2 Å². The summed E-state index contributed by atoms with van der Waals surface area (Å²) in [5.74, 6) is -2.95. The Labute approximate surface area is 223 Å². The molecule has 2 aromatic carbocycles. The summed E-state index contributed by atoms with van der Waals surface area (Å²) in [6, 6.07) is 9.52. The molecule has 2 fully saturated rings. The molecular weight excluding hydrogens is 517 g/mol. The summed E-state index contributed by atoms with van der Waals surface area (Å²) in [6.07, 6.45) is 2.43. The number of halogens is 4. The van der Waals surface area contributed by atoms with Crippen LogP contribution >= 0.6 is 11.6 Å². The van der Waals surface area contributed by atoms with Crippen LogP contribution in [-0.2, 0) is 0 Å². The SMILES string of the molecule is CN[C@@H]1CCCN(C(=O)c2cc(-c3ccc(C#N)c(F)c3)n(-c3c(F)cc(N4CC[C@H](Cl)C4)cc3F)n2)C1. The van der Waals surface area contributed by atoms with E-state index >= 15 is 8.78 Å². The van der Waals surface area contributed by atoms with E-state index in [2.05, 4.69) is 10.4 Å². The van der Waals surface area contributed by atoms with Gasteiger partial charge in [-0.25, -0.2) is 17.9 Å². The van der Waals surface area contributed by atoms with Gasteiger partial charge in [0.25, 0.3) is 5.91 Å². The number of benzene rings is 2. The number of nitrogens with zero attached hydrogens (tertiary/aromatic N) is 5. The maximum atomic E-state index is 15.5. The predicted molar refractivity (Wildman–Crippen MR) is 138 cm³/mol. The van der Waals surface area contributed by atoms with E-state index in [1.807, 2.05) is 7.05 Å². The number of likely N-dealkylation sites (tertiary alicyclic amines) is 1. The van der Waals surface area contributed by atoms with Gasteiger partial charge in [0, 0.05) is 43.5 Å². The van der Waals surface area contributed by atoms with E-state index in [0.29, 0.717) is 38.3 Å². The number of aromatic nitrogens is 2. The summed E-state index contributed by atoms with van der Waals surface area (Å²) in [4.78, 5) is 16.8. The molecule has 1 amide bonds. The number of likely N-dealkylation sites (N-methyl/N-ethyl adjacent to an activating group) is 1.